The molecule has 0 heterocycles. The first-order chi connectivity index (χ1) is 13.0. The Bertz CT molecular complexity index is 736. The third-order valence-electron chi connectivity index (χ3n) is 4.00. The fourth-order valence-corrected chi connectivity index (χ4v) is 3.30. The predicted molar refractivity (Wildman–Crippen MR) is 108 cm³/mol. The van der Waals surface area contributed by atoms with E-state index >= 15 is 0 Å². The van der Waals surface area contributed by atoms with Crippen molar-refractivity contribution in [3.63, 3.8) is 0 Å². The van der Waals surface area contributed by atoms with Crippen LogP contribution in [0.1, 0.15) is 29.8 Å². The van der Waals surface area contributed by atoms with E-state index in [2.05, 4.69) is 22.8 Å². The van der Waals surface area contributed by atoms with Crippen LogP contribution in [-0.2, 0) is 10.5 Å². The van der Waals surface area contributed by atoms with Crippen molar-refractivity contribution in [3.05, 3.63) is 71.5 Å². The summed E-state index contributed by atoms with van der Waals surface area (Å²) < 4.78 is 13.0. The van der Waals surface area contributed by atoms with E-state index in [0.29, 0.717) is 12.1 Å². The summed E-state index contributed by atoms with van der Waals surface area (Å²) in [6, 6.07) is 14.8. The molecule has 144 valence electrons. The molecule has 0 aliphatic carbocycles. The van der Waals surface area contributed by atoms with E-state index in [9.17, 15) is 14.0 Å². The fraction of sp³-hybridized carbons (Fsp3) is 0.333. The zero-order valence-corrected chi connectivity index (χ0v) is 16.4. The Labute approximate surface area is 163 Å². The highest BCUT2D eigenvalue weighted by molar-refractivity contribution is 7.98. The van der Waals surface area contributed by atoms with Gasteiger partial charge in [-0.15, -0.1) is 0 Å². The summed E-state index contributed by atoms with van der Waals surface area (Å²) in [6.07, 6.45) is 0. The molecule has 2 aromatic carbocycles. The van der Waals surface area contributed by atoms with Gasteiger partial charge in [-0.05, 0) is 35.7 Å². The molecule has 1 atom stereocenters. The topological polar surface area (TPSA) is 58.2 Å². The maximum atomic E-state index is 13.0. The van der Waals surface area contributed by atoms with Crippen molar-refractivity contribution >= 4 is 23.6 Å². The number of hydrogen-bond donors (Lipinski definition) is 2. The molecule has 2 N–H and O–H groups in total. The van der Waals surface area contributed by atoms with Crippen molar-refractivity contribution in [1.29, 1.82) is 0 Å². The molecule has 2 aromatic rings. The highest BCUT2D eigenvalue weighted by Gasteiger charge is 2.24. The minimum atomic E-state index is -0.637. The van der Waals surface area contributed by atoms with Crippen LogP contribution in [0.4, 0.5) is 4.39 Å². The molecule has 2 amide bonds. The summed E-state index contributed by atoms with van der Waals surface area (Å²) in [4.78, 5) is 24.7. The number of benzene rings is 2. The lowest BCUT2D eigenvalue weighted by Crippen LogP contribution is -2.50. The summed E-state index contributed by atoms with van der Waals surface area (Å²) in [5, 5.41) is 5.62. The number of carbonyl (C=O) groups excluding carboxylic acids is 2. The first kappa shape index (κ1) is 21.0. The Morgan fingerprint density at radius 2 is 1.70 bits per heavy atom. The molecular formula is C21H25FN2O2S. The summed E-state index contributed by atoms with van der Waals surface area (Å²) in [7, 11) is 0. The van der Waals surface area contributed by atoms with E-state index in [-0.39, 0.29) is 17.7 Å². The van der Waals surface area contributed by atoms with Crippen LogP contribution in [0.2, 0.25) is 0 Å². The van der Waals surface area contributed by atoms with Crippen molar-refractivity contribution in [2.45, 2.75) is 25.6 Å². The van der Waals surface area contributed by atoms with Crippen LogP contribution < -0.4 is 10.6 Å². The standard InChI is InChI=1S/C21H25FN2O2S/c1-15(2)19(24-20(25)17-8-10-18(22)11-9-17)21(26)23-12-13-27-14-16-6-4-3-5-7-16/h3-11,15,19H,12-14H2,1-2H3,(H,23,26)(H,24,25)/t19-/m0/s1. The molecule has 2 rings (SSSR count). The maximum Gasteiger partial charge on any atom is 0.251 e. The Morgan fingerprint density at radius 3 is 2.33 bits per heavy atom. The van der Waals surface area contributed by atoms with Crippen molar-refractivity contribution < 1.29 is 14.0 Å². The van der Waals surface area contributed by atoms with Gasteiger partial charge in [0.25, 0.3) is 5.91 Å². The van der Waals surface area contributed by atoms with Gasteiger partial charge in [0.15, 0.2) is 0 Å². The summed E-state index contributed by atoms with van der Waals surface area (Å²) >= 11 is 1.74. The van der Waals surface area contributed by atoms with Gasteiger partial charge in [-0.25, -0.2) is 4.39 Å². The quantitative estimate of drug-likeness (QED) is 0.645. The fourth-order valence-electron chi connectivity index (χ4n) is 2.48. The summed E-state index contributed by atoms with van der Waals surface area (Å²) in [5.41, 5.74) is 1.58. The zero-order valence-electron chi connectivity index (χ0n) is 15.6. The largest absolute Gasteiger partial charge is 0.353 e. The van der Waals surface area contributed by atoms with Crippen molar-refractivity contribution in [1.82, 2.24) is 10.6 Å². The minimum Gasteiger partial charge on any atom is -0.353 e. The van der Waals surface area contributed by atoms with E-state index in [0.717, 1.165) is 11.5 Å². The average Bonchev–Trinajstić information content (AvgIpc) is 2.66. The second-order valence-corrected chi connectivity index (χ2v) is 7.64. The SMILES string of the molecule is CC(C)[C@H](NC(=O)c1ccc(F)cc1)C(=O)NCCSCc1ccccc1. The molecule has 4 nitrogen and oxygen atoms in total. The molecule has 0 aliphatic rings. The van der Waals surface area contributed by atoms with Gasteiger partial charge >= 0.3 is 0 Å². The van der Waals surface area contributed by atoms with E-state index in [1.165, 1.54) is 29.8 Å². The van der Waals surface area contributed by atoms with Crippen molar-refractivity contribution in [3.8, 4) is 0 Å². The lowest BCUT2D eigenvalue weighted by molar-refractivity contribution is -0.123. The molecule has 0 fully saturated rings. The van der Waals surface area contributed by atoms with Crippen LogP contribution in [0.5, 0.6) is 0 Å². The van der Waals surface area contributed by atoms with Gasteiger partial charge in [0, 0.05) is 23.6 Å². The number of hydrogen-bond acceptors (Lipinski definition) is 3. The number of carbonyl (C=O) groups is 2. The summed E-state index contributed by atoms with van der Waals surface area (Å²) in [5.74, 6) is 0.621. The lowest BCUT2D eigenvalue weighted by atomic mass is 10.0. The normalized spacial score (nSPS) is 11.9. The predicted octanol–water partition coefficient (Wildman–Crippen LogP) is 3.63. The van der Waals surface area contributed by atoms with E-state index in [1.807, 2.05) is 32.0 Å². The monoisotopic (exact) mass is 388 g/mol. The number of halogens is 1. The Kier molecular flexibility index (Phi) is 8.33. The van der Waals surface area contributed by atoms with E-state index < -0.39 is 11.9 Å². The lowest BCUT2D eigenvalue weighted by Gasteiger charge is -2.21. The van der Waals surface area contributed by atoms with Gasteiger partial charge in [0.1, 0.15) is 11.9 Å². The van der Waals surface area contributed by atoms with Crippen molar-refractivity contribution in [2.75, 3.05) is 12.3 Å². The van der Waals surface area contributed by atoms with Gasteiger partial charge < -0.3 is 10.6 Å². The Balaban J connectivity index is 1.78. The van der Waals surface area contributed by atoms with Gasteiger partial charge in [-0.2, -0.15) is 11.8 Å². The Morgan fingerprint density at radius 1 is 1.04 bits per heavy atom. The third kappa shape index (κ3) is 7.06. The van der Waals surface area contributed by atoms with Crippen LogP contribution >= 0.6 is 11.8 Å². The number of rotatable bonds is 9. The zero-order chi connectivity index (χ0) is 19.6. The average molecular weight is 389 g/mol. The molecule has 0 bridgehead atoms. The van der Waals surface area contributed by atoms with Crippen LogP contribution in [0.15, 0.2) is 54.6 Å². The molecule has 6 heteroatoms. The smallest absolute Gasteiger partial charge is 0.251 e. The third-order valence-corrected chi connectivity index (χ3v) is 5.03. The highest BCUT2D eigenvalue weighted by Crippen LogP contribution is 2.11. The van der Waals surface area contributed by atoms with Crippen LogP contribution in [0, 0.1) is 11.7 Å². The molecule has 0 saturated carbocycles. The summed E-state index contributed by atoms with van der Waals surface area (Å²) in [6.45, 7) is 4.28. The van der Waals surface area contributed by atoms with Gasteiger partial charge in [0.05, 0.1) is 0 Å². The van der Waals surface area contributed by atoms with Crippen LogP contribution in [-0.4, -0.2) is 30.2 Å². The maximum absolute atomic E-state index is 13.0. The molecule has 0 saturated heterocycles. The van der Waals surface area contributed by atoms with Crippen molar-refractivity contribution in [2.24, 2.45) is 5.92 Å². The van der Waals surface area contributed by atoms with Crippen LogP contribution in [0.3, 0.4) is 0 Å². The molecule has 0 unspecified atom stereocenters. The second-order valence-electron chi connectivity index (χ2n) is 6.53. The van der Waals surface area contributed by atoms with E-state index in [1.54, 1.807) is 11.8 Å². The van der Waals surface area contributed by atoms with Crippen LogP contribution in [0.25, 0.3) is 0 Å². The highest BCUT2D eigenvalue weighted by atomic mass is 32.2. The van der Waals surface area contributed by atoms with Gasteiger partial charge in [-0.1, -0.05) is 44.2 Å². The van der Waals surface area contributed by atoms with Gasteiger partial charge in [-0.3, -0.25) is 9.59 Å². The van der Waals surface area contributed by atoms with E-state index in [4.69, 9.17) is 0 Å². The molecule has 0 aliphatic heterocycles. The molecule has 27 heavy (non-hydrogen) atoms. The molecule has 0 spiro atoms. The molecule has 0 aromatic heterocycles. The number of amides is 2. The number of thioether (sulfide) groups is 1. The minimum absolute atomic E-state index is 0.0635. The molecular weight excluding hydrogens is 363 g/mol. The first-order valence-corrected chi connectivity index (χ1v) is 10.1. The van der Waals surface area contributed by atoms with Gasteiger partial charge in [0.2, 0.25) is 5.91 Å². The molecule has 0 radical (unpaired) electrons. The second kappa shape index (κ2) is 10.7. The number of nitrogens with one attached hydrogen (secondary N) is 2. The first-order valence-electron chi connectivity index (χ1n) is 8.93. The Hall–Kier alpha value is -2.34.